The van der Waals surface area contributed by atoms with E-state index in [-0.39, 0.29) is 24.9 Å². The number of rotatable bonds is 5. The molecule has 0 aliphatic heterocycles. The number of aromatic nitrogens is 3. The van der Waals surface area contributed by atoms with Gasteiger partial charge in [-0.2, -0.15) is 5.26 Å². The van der Waals surface area contributed by atoms with Crippen LogP contribution >= 0.6 is 0 Å². The van der Waals surface area contributed by atoms with E-state index in [9.17, 15) is 4.79 Å². The number of fused-ring (bicyclic) bond motifs is 3. The Labute approximate surface area is 159 Å². The van der Waals surface area contributed by atoms with Crippen molar-refractivity contribution in [3.8, 4) is 18.4 Å². The number of hydrogen-bond acceptors (Lipinski definition) is 6. The number of nitriles is 1. The second-order valence-electron chi connectivity index (χ2n) is 6.16. The van der Waals surface area contributed by atoms with Gasteiger partial charge < -0.3 is 14.5 Å². The molecule has 0 bridgehead atoms. The Morgan fingerprint density at radius 1 is 1.39 bits per heavy atom. The first kappa shape index (κ1) is 17.5. The fraction of sp³-hybridized carbons (Fsp3) is 0.200. The van der Waals surface area contributed by atoms with Crippen LogP contribution < -0.4 is 16.0 Å². The highest BCUT2D eigenvalue weighted by atomic mass is 16.5. The first-order valence-electron chi connectivity index (χ1n) is 8.53. The van der Waals surface area contributed by atoms with Gasteiger partial charge in [-0.1, -0.05) is 24.1 Å². The fourth-order valence-electron chi connectivity index (χ4n) is 3.13. The van der Waals surface area contributed by atoms with Crippen molar-refractivity contribution in [3.63, 3.8) is 0 Å². The molecule has 2 unspecified atom stereocenters. The third-order valence-electron chi connectivity index (χ3n) is 4.31. The summed E-state index contributed by atoms with van der Waals surface area (Å²) in [6, 6.07) is 9.04. The fourth-order valence-corrected chi connectivity index (χ4v) is 3.13. The van der Waals surface area contributed by atoms with E-state index in [0.29, 0.717) is 5.42 Å². The number of para-hydroxylation sites is 1. The molecule has 2 heterocycles. The molecular weight excluding hydrogens is 358 g/mol. The zero-order valence-electron chi connectivity index (χ0n) is 14.7. The topological polar surface area (TPSA) is 106 Å². The van der Waals surface area contributed by atoms with Gasteiger partial charge in [0.1, 0.15) is 42.7 Å². The molecule has 1 aromatic carbocycles. The van der Waals surface area contributed by atoms with E-state index in [0.717, 1.165) is 16.2 Å². The molecular formula is C20H15N5O3. The molecule has 1 amide bonds. The quantitative estimate of drug-likeness (QED) is 0.614. The van der Waals surface area contributed by atoms with Crippen LogP contribution in [0.1, 0.15) is 5.82 Å². The predicted molar refractivity (Wildman–Crippen MR) is 99.6 cm³/mol. The highest BCUT2D eigenvalue weighted by Crippen LogP contribution is 2.12. The molecule has 2 atom stereocenters. The van der Waals surface area contributed by atoms with Gasteiger partial charge in [0.15, 0.2) is 0 Å². The van der Waals surface area contributed by atoms with E-state index in [1.54, 1.807) is 0 Å². The molecule has 4 rings (SSSR count). The van der Waals surface area contributed by atoms with Crippen molar-refractivity contribution in [2.75, 3.05) is 6.61 Å². The molecule has 1 aliphatic carbocycles. The number of furan rings is 1. The summed E-state index contributed by atoms with van der Waals surface area (Å²) >= 11 is 0. The number of hydrogen-bond donors (Lipinski definition) is 1. The van der Waals surface area contributed by atoms with Gasteiger partial charge in [0, 0.05) is 10.6 Å². The number of nitrogens with zero attached hydrogens (tertiary/aromatic N) is 4. The number of benzene rings is 1. The van der Waals surface area contributed by atoms with Gasteiger partial charge >= 0.3 is 0 Å². The molecule has 8 heteroatoms. The van der Waals surface area contributed by atoms with Gasteiger partial charge in [-0.15, -0.1) is 11.5 Å². The Bertz CT molecular complexity index is 1240. The minimum Gasteiger partial charge on any atom is -0.456 e. The normalized spacial score (nSPS) is 17.6. The molecule has 0 fully saturated rings. The van der Waals surface area contributed by atoms with Crippen LogP contribution in [-0.2, 0) is 16.1 Å². The Kier molecular flexibility index (Phi) is 4.63. The van der Waals surface area contributed by atoms with Crippen LogP contribution in [0.25, 0.3) is 23.1 Å². The number of terminal acetylenes is 1. The lowest BCUT2D eigenvalue weighted by molar-refractivity contribution is -0.122. The summed E-state index contributed by atoms with van der Waals surface area (Å²) in [6.07, 6.45) is 9.94. The van der Waals surface area contributed by atoms with Crippen molar-refractivity contribution in [1.82, 2.24) is 20.1 Å². The van der Waals surface area contributed by atoms with E-state index in [4.69, 9.17) is 20.8 Å². The summed E-state index contributed by atoms with van der Waals surface area (Å²) in [5.41, 5.74) is 1.42. The van der Waals surface area contributed by atoms with E-state index in [1.165, 1.54) is 11.0 Å². The molecule has 1 N–H and O–H groups in total. The Morgan fingerprint density at radius 3 is 3.04 bits per heavy atom. The monoisotopic (exact) mass is 373 g/mol. The average Bonchev–Trinajstić information content (AvgIpc) is 3.29. The summed E-state index contributed by atoms with van der Waals surface area (Å²) in [5, 5.41) is 17.4. The number of carbonyl (C=O) groups is 1. The van der Waals surface area contributed by atoms with Crippen LogP contribution in [0.3, 0.4) is 0 Å². The van der Waals surface area contributed by atoms with Crippen LogP contribution in [0.15, 0.2) is 35.0 Å². The van der Waals surface area contributed by atoms with E-state index in [1.807, 2.05) is 42.5 Å². The Balaban J connectivity index is 1.61. The maximum absolute atomic E-state index is 12.4. The second kappa shape index (κ2) is 7.39. The van der Waals surface area contributed by atoms with Crippen molar-refractivity contribution in [3.05, 3.63) is 47.1 Å². The molecule has 0 saturated heterocycles. The number of carbonyl (C=O) groups excluding carboxylic acids is 1. The zero-order valence-corrected chi connectivity index (χ0v) is 14.7. The largest absolute Gasteiger partial charge is 0.456 e. The first-order valence-corrected chi connectivity index (χ1v) is 8.53. The summed E-state index contributed by atoms with van der Waals surface area (Å²) in [7, 11) is 0. The van der Waals surface area contributed by atoms with Gasteiger partial charge in [-0.05, 0) is 18.2 Å². The third-order valence-corrected chi connectivity index (χ3v) is 4.31. The first-order chi connectivity index (χ1) is 13.7. The van der Waals surface area contributed by atoms with Crippen LogP contribution in [0.5, 0.6) is 0 Å². The van der Waals surface area contributed by atoms with Crippen LogP contribution in [0.2, 0.25) is 0 Å². The van der Waals surface area contributed by atoms with Crippen molar-refractivity contribution >= 4 is 29.0 Å². The second-order valence-corrected chi connectivity index (χ2v) is 6.16. The van der Waals surface area contributed by atoms with Crippen LogP contribution in [0, 0.1) is 23.7 Å². The number of ether oxygens (including phenoxy) is 1. The molecule has 138 valence electrons. The molecule has 0 saturated carbocycles. The molecule has 2 aromatic heterocycles. The molecule has 0 spiro atoms. The molecule has 1 aliphatic rings. The lowest BCUT2D eigenvalue weighted by Gasteiger charge is -2.24. The zero-order chi connectivity index (χ0) is 19.5. The Morgan fingerprint density at radius 2 is 2.25 bits per heavy atom. The number of amides is 1. The average molecular weight is 373 g/mol. The lowest BCUT2D eigenvalue weighted by Crippen LogP contribution is -2.48. The summed E-state index contributed by atoms with van der Waals surface area (Å²) < 4.78 is 12.9. The minimum atomic E-state index is -0.465. The smallest absolute Gasteiger partial charge is 0.252 e. The van der Waals surface area contributed by atoms with Gasteiger partial charge in [0.25, 0.3) is 5.82 Å². The highest BCUT2D eigenvalue weighted by Gasteiger charge is 2.25. The van der Waals surface area contributed by atoms with Crippen LogP contribution in [0.4, 0.5) is 0 Å². The maximum atomic E-state index is 12.4. The van der Waals surface area contributed by atoms with E-state index < -0.39 is 12.1 Å². The standard InChI is InChI=1S/C20H15N5O3/c1-2-7-27-18-8-14-13-5-3-4-6-16(13)28-17(14)9-15(18)23-20(26)11-25-12-22-19(10-21)24-25/h1,3-6,8-9,12,15,18H,7,11H2,(H,23,26). The highest BCUT2D eigenvalue weighted by molar-refractivity contribution is 5.81. The minimum absolute atomic E-state index is 0.00695. The predicted octanol–water partition coefficient (Wildman–Crippen LogP) is -0.326. The molecule has 0 radical (unpaired) electrons. The summed E-state index contributed by atoms with van der Waals surface area (Å²) in [5.74, 6) is 2.15. The molecule has 28 heavy (non-hydrogen) atoms. The lowest BCUT2D eigenvalue weighted by atomic mass is 10.0. The Hall–Kier alpha value is -3.88. The van der Waals surface area contributed by atoms with E-state index in [2.05, 4.69) is 21.3 Å². The SMILES string of the molecule is C#CCOC1C=c2c(oc3ccccc23)=CC1NC(=O)Cn1cnc(C#N)n1. The van der Waals surface area contributed by atoms with Gasteiger partial charge in [-0.25, -0.2) is 9.67 Å². The molecule has 3 aromatic rings. The van der Waals surface area contributed by atoms with Gasteiger partial charge in [0.2, 0.25) is 5.91 Å². The number of nitrogens with one attached hydrogen (secondary N) is 1. The van der Waals surface area contributed by atoms with Gasteiger partial charge in [-0.3, -0.25) is 4.79 Å². The molecule has 8 nitrogen and oxygen atoms in total. The summed E-state index contributed by atoms with van der Waals surface area (Å²) in [4.78, 5) is 16.2. The summed E-state index contributed by atoms with van der Waals surface area (Å²) in [6.45, 7) is 0.0367. The maximum Gasteiger partial charge on any atom is 0.252 e. The van der Waals surface area contributed by atoms with Crippen molar-refractivity contribution in [1.29, 1.82) is 5.26 Å². The van der Waals surface area contributed by atoms with Crippen LogP contribution in [-0.4, -0.2) is 39.4 Å². The van der Waals surface area contributed by atoms with Gasteiger partial charge in [0.05, 0.1) is 6.04 Å². The van der Waals surface area contributed by atoms with Crippen molar-refractivity contribution in [2.45, 2.75) is 18.7 Å². The van der Waals surface area contributed by atoms with Crippen molar-refractivity contribution < 1.29 is 13.9 Å². The third kappa shape index (κ3) is 3.37. The van der Waals surface area contributed by atoms with Crippen molar-refractivity contribution in [2.24, 2.45) is 0 Å². The van der Waals surface area contributed by atoms with E-state index >= 15 is 0 Å².